The third kappa shape index (κ3) is 4.39. The van der Waals surface area contributed by atoms with E-state index in [2.05, 4.69) is 0 Å². The van der Waals surface area contributed by atoms with Crippen LogP contribution >= 0.6 is 0 Å². The molecule has 0 atom stereocenters. The lowest BCUT2D eigenvalue weighted by Gasteiger charge is -2.57. The van der Waals surface area contributed by atoms with Crippen LogP contribution in [0.4, 0.5) is 0 Å². The van der Waals surface area contributed by atoms with Crippen molar-refractivity contribution < 1.29 is 24.2 Å². The zero-order valence-electron chi connectivity index (χ0n) is 20.2. The molecule has 0 amide bonds. The highest BCUT2D eigenvalue weighted by Crippen LogP contribution is 2.61. The summed E-state index contributed by atoms with van der Waals surface area (Å²) >= 11 is 0. The van der Waals surface area contributed by atoms with Gasteiger partial charge in [-0.25, -0.2) is 9.59 Å². The number of hydrogen-bond acceptors (Lipinski definition) is 5. The van der Waals surface area contributed by atoms with Gasteiger partial charge in [-0.1, -0.05) is 30.3 Å². The van der Waals surface area contributed by atoms with E-state index in [-0.39, 0.29) is 17.8 Å². The number of esters is 2. The molecule has 184 valence electrons. The second kappa shape index (κ2) is 9.12. The molecule has 0 aliphatic heterocycles. The van der Waals surface area contributed by atoms with E-state index in [1.165, 1.54) is 19.3 Å². The molecule has 5 nitrogen and oxygen atoms in total. The molecule has 3 aromatic carbocycles. The molecule has 36 heavy (non-hydrogen) atoms. The Balaban J connectivity index is 1.13. The molecular formula is C31H30O5. The van der Waals surface area contributed by atoms with Crippen LogP contribution < -0.4 is 4.74 Å². The Morgan fingerprint density at radius 2 is 1.39 bits per heavy atom. The number of phenols is 1. The highest BCUT2D eigenvalue weighted by Gasteiger charge is 2.52. The van der Waals surface area contributed by atoms with Crippen LogP contribution in [0.15, 0.2) is 72.8 Å². The van der Waals surface area contributed by atoms with Crippen molar-refractivity contribution in [3.05, 3.63) is 95.1 Å². The van der Waals surface area contributed by atoms with E-state index in [1.54, 1.807) is 36.4 Å². The number of ether oxygens (including phenoxy) is 2. The molecule has 1 N–H and O–H groups in total. The Morgan fingerprint density at radius 3 is 2.03 bits per heavy atom. The molecule has 0 radical (unpaired) electrons. The molecular weight excluding hydrogens is 452 g/mol. The molecule has 4 aliphatic rings. The molecule has 7 rings (SSSR count). The van der Waals surface area contributed by atoms with Crippen LogP contribution in [0.5, 0.6) is 11.5 Å². The summed E-state index contributed by atoms with van der Waals surface area (Å²) in [6, 6.07) is 21.0. The van der Waals surface area contributed by atoms with E-state index < -0.39 is 11.9 Å². The first-order valence-electron chi connectivity index (χ1n) is 12.8. The summed E-state index contributed by atoms with van der Waals surface area (Å²) in [4.78, 5) is 25.3. The van der Waals surface area contributed by atoms with Crippen molar-refractivity contribution in [2.24, 2.45) is 17.8 Å². The highest BCUT2D eigenvalue weighted by molar-refractivity contribution is 5.92. The lowest BCUT2D eigenvalue weighted by molar-refractivity contribution is -0.00616. The van der Waals surface area contributed by atoms with E-state index in [1.807, 2.05) is 36.4 Å². The van der Waals surface area contributed by atoms with Crippen molar-refractivity contribution in [1.29, 1.82) is 0 Å². The highest BCUT2D eigenvalue weighted by atomic mass is 16.5. The fraction of sp³-hybridized carbons (Fsp3) is 0.355. The number of carbonyl (C=O) groups is 2. The maximum absolute atomic E-state index is 13.0. The number of aromatic hydroxyl groups is 1. The minimum absolute atomic E-state index is 0.0170. The summed E-state index contributed by atoms with van der Waals surface area (Å²) in [5, 5.41) is 10.8. The molecule has 0 heterocycles. The summed E-state index contributed by atoms with van der Waals surface area (Å²) in [7, 11) is 0. The van der Waals surface area contributed by atoms with Gasteiger partial charge in [0.05, 0.1) is 11.1 Å². The average molecular weight is 483 g/mol. The minimum Gasteiger partial charge on any atom is -0.508 e. The lowest BCUT2D eigenvalue weighted by atomic mass is 9.48. The molecule has 3 aromatic rings. The molecule has 4 aliphatic carbocycles. The molecule has 4 saturated carbocycles. The first-order valence-corrected chi connectivity index (χ1v) is 12.8. The number of hydrogen-bond donors (Lipinski definition) is 1. The fourth-order valence-corrected chi connectivity index (χ4v) is 7.16. The van der Waals surface area contributed by atoms with Gasteiger partial charge in [-0.2, -0.15) is 0 Å². The van der Waals surface area contributed by atoms with Crippen molar-refractivity contribution in [3.63, 3.8) is 0 Å². The van der Waals surface area contributed by atoms with Crippen molar-refractivity contribution in [3.8, 4) is 11.5 Å². The van der Waals surface area contributed by atoms with E-state index >= 15 is 0 Å². The zero-order chi connectivity index (χ0) is 24.7. The second-order valence-electron chi connectivity index (χ2n) is 10.9. The predicted molar refractivity (Wildman–Crippen MR) is 135 cm³/mol. The van der Waals surface area contributed by atoms with Crippen LogP contribution in [-0.2, 0) is 16.8 Å². The van der Waals surface area contributed by atoms with Crippen LogP contribution in [0.3, 0.4) is 0 Å². The topological polar surface area (TPSA) is 72.8 Å². The second-order valence-corrected chi connectivity index (χ2v) is 10.9. The molecule has 0 unspecified atom stereocenters. The summed E-state index contributed by atoms with van der Waals surface area (Å²) < 4.78 is 11.0. The fourth-order valence-electron chi connectivity index (χ4n) is 7.16. The van der Waals surface area contributed by atoms with Crippen LogP contribution in [0.1, 0.15) is 70.4 Å². The maximum Gasteiger partial charge on any atom is 0.343 e. The Labute approximate surface area is 211 Å². The summed E-state index contributed by atoms with van der Waals surface area (Å²) in [5.74, 6) is 1.95. The van der Waals surface area contributed by atoms with Gasteiger partial charge in [-0.3, -0.25) is 0 Å². The van der Waals surface area contributed by atoms with E-state index in [0.29, 0.717) is 16.9 Å². The summed E-state index contributed by atoms with van der Waals surface area (Å²) in [6.07, 6.45) is 7.26. The SMILES string of the molecule is O=C(OCc1ccccc1)c1ccc(OC(=O)c2ccc(O)c(C34CC5CC(CC(C5)C3)C4)c2)cc1. The molecule has 0 aromatic heterocycles. The van der Waals surface area contributed by atoms with Crippen molar-refractivity contribution in [2.75, 3.05) is 0 Å². The molecule has 0 saturated heterocycles. The molecule has 5 heteroatoms. The number of rotatable bonds is 6. The smallest absolute Gasteiger partial charge is 0.343 e. The molecule has 4 fully saturated rings. The van der Waals surface area contributed by atoms with Crippen molar-refractivity contribution in [2.45, 2.75) is 50.5 Å². The quantitative estimate of drug-likeness (QED) is 0.323. The third-order valence-corrected chi connectivity index (χ3v) is 8.36. The first kappa shape index (κ1) is 22.8. The van der Waals surface area contributed by atoms with Gasteiger partial charge in [0, 0.05) is 5.56 Å². The standard InChI is InChI=1S/C31H30O5/c32-28-11-8-25(15-27(28)31-16-21-12-22(17-31)14-23(13-21)18-31)30(34)36-26-9-6-24(7-10-26)29(33)35-19-20-4-2-1-3-5-20/h1-11,15,21-23,32H,12-14,16-19H2. The monoisotopic (exact) mass is 482 g/mol. The zero-order valence-corrected chi connectivity index (χ0v) is 20.2. The summed E-state index contributed by atoms with van der Waals surface area (Å²) in [6.45, 7) is 0.198. The van der Waals surface area contributed by atoms with Gasteiger partial charge >= 0.3 is 11.9 Å². The number of benzene rings is 3. The molecule has 0 spiro atoms. The van der Waals surface area contributed by atoms with Crippen LogP contribution in [0.25, 0.3) is 0 Å². The number of phenolic OH excluding ortho intramolecular Hbond substituents is 1. The van der Waals surface area contributed by atoms with Gasteiger partial charge in [-0.15, -0.1) is 0 Å². The Kier molecular flexibility index (Phi) is 5.79. The van der Waals surface area contributed by atoms with Gasteiger partial charge in [0.15, 0.2) is 0 Å². The first-order chi connectivity index (χ1) is 17.5. The predicted octanol–water partition coefficient (Wildman–Crippen LogP) is 6.44. The van der Waals surface area contributed by atoms with E-state index in [0.717, 1.165) is 48.1 Å². The maximum atomic E-state index is 13.0. The number of carbonyl (C=O) groups excluding carboxylic acids is 2. The van der Waals surface area contributed by atoms with E-state index in [4.69, 9.17) is 9.47 Å². The Morgan fingerprint density at radius 1 is 0.778 bits per heavy atom. The Hall–Kier alpha value is -3.60. The average Bonchev–Trinajstić information content (AvgIpc) is 2.87. The van der Waals surface area contributed by atoms with Crippen molar-refractivity contribution in [1.82, 2.24) is 0 Å². The van der Waals surface area contributed by atoms with E-state index in [9.17, 15) is 14.7 Å². The van der Waals surface area contributed by atoms with Gasteiger partial charge in [0.1, 0.15) is 18.1 Å². The van der Waals surface area contributed by atoms with Gasteiger partial charge < -0.3 is 14.6 Å². The van der Waals surface area contributed by atoms with Gasteiger partial charge in [0.2, 0.25) is 0 Å². The molecule has 4 bridgehead atoms. The summed E-state index contributed by atoms with van der Waals surface area (Å²) in [5.41, 5.74) is 2.63. The normalized spacial score (nSPS) is 25.9. The van der Waals surface area contributed by atoms with Crippen LogP contribution in [-0.4, -0.2) is 17.0 Å². The van der Waals surface area contributed by atoms with Crippen LogP contribution in [0.2, 0.25) is 0 Å². The van der Waals surface area contributed by atoms with Crippen molar-refractivity contribution >= 4 is 11.9 Å². The lowest BCUT2D eigenvalue weighted by Crippen LogP contribution is -2.48. The third-order valence-electron chi connectivity index (χ3n) is 8.36. The van der Waals surface area contributed by atoms with Gasteiger partial charge in [-0.05, 0) is 110 Å². The minimum atomic E-state index is -0.472. The Bertz CT molecular complexity index is 1240. The van der Waals surface area contributed by atoms with Gasteiger partial charge in [0.25, 0.3) is 0 Å². The largest absolute Gasteiger partial charge is 0.508 e. The van der Waals surface area contributed by atoms with Crippen LogP contribution in [0, 0.1) is 17.8 Å².